The highest BCUT2D eigenvalue weighted by Gasteiger charge is 2.21. The van der Waals surface area contributed by atoms with Crippen LogP contribution in [-0.2, 0) is 6.42 Å². The molecule has 1 aliphatic rings. The highest BCUT2D eigenvalue weighted by atomic mass is 15.1. The molecule has 0 saturated carbocycles. The zero-order valence-corrected chi connectivity index (χ0v) is 26.3. The van der Waals surface area contributed by atoms with Crippen LogP contribution in [0.3, 0.4) is 0 Å². The number of imidazole rings is 1. The van der Waals surface area contributed by atoms with Gasteiger partial charge in [0.15, 0.2) is 0 Å². The largest absolute Gasteiger partial charge is 0.310 e. The number of anilines is 2. The average molecular weight is 614 g/mol. The molecule has 0 bridgehead atoms. The summed E-state index contributed by atoms with van der Waals surface area (Å²) in [4.78, 5) is 7.62. The van der Waals surface area contributed by atoms with Gasteiger partial charge in [0.25, 0.3) is 0 Å². The second-order valence-electron chi connectivity index (χ2n) is 12.7. The minimum Gasteiger partial charge on any atom is -0.310 e. The van der Waals surface area contributed by atoms with Crippen LogP contribution in [-0.4, -0.2) is 9.38 Å². The molecule has 226 valence electrons. The van der Waals surface area contributed by atoms with E-state index in [0.717, 1.165) is 46.4 Å². The normalized spacial score (nSPS) is 13.0. The molecule has 0 atom stereocenters. The van der Waals surface area contributed by atoms with E-state index in [0.29, 0.717) is 0 Å². The monoisotopic (exact) mass is 613 g/mol. The Balaban J connectivity index is 1.15. The van der Waals surface area contributed by atoms with Gasteiger partial charge in [-0.2, -0.15) is 0 Å². The third-order valence-corrected chi connectivity index (χ3v) is 10.0. The van der Waals surface area contributed by atoms with Crippen molar-refractivity contribution in [3.05, 3.63) is 175 Å². The Morgan fingerprint density at radius 3 is 2.19 bits per heavy atom. The first kappa shape index (κ1) is 27.0. The minimum atomic E-state index is 1.00. The Kier molecular flexibility index (Phi) is 6.00. The van der Waals surface area contributed by atoms with Gasteiger partial charge < -0.3 is 4.90 Å². The third-order valence-electron chi connectivity index (χ3n) is 10.0. The van der Waals surface area contributed by atoms with E-state index in [2.05, 4.69) is 173 Å². The molecule has 48 heavy (non-hydrogen) atoms. The van der Waals surface area contributed by atoms with Crippen LogP contribution in [0.4, 0.5) is 11.4 Å². The maximum Gasteiger partial charge on any atom is 0.147 e. The number of para-hydroxylation sites is 3. The van der Waals surface area contributed by atoms with Gasteiger partial charge in [-0.3, -0.25) is 4.40 Å². The van der Waals surface area contributed by atoms with Gasteiger partial charge in [0, 0.05) is 33.4 Å². The molecule has 10 rings (SSSR count). The molecule has 0 radical (unpaired) electrons. The fourth-order valence-corrected chi connectivity index (χ4v) is 7.78. The number of rotatable bonds is 4. The average Bonchev–Trinajstić information content (AvgIpc) is 3.55. The van der Waals surface area contributed by atoms with Crippen molar-refractivity contribution in [1.29, 1.82) is 0 Å². The van der Waals surface area contributed by atoms with Gasteiger partial charge >= 0.3 is 0 Å². The van der Waals surface area contributed by atoms with Crippen LogP contribution in [0.5, 0.6) is 0 Å². The summed E-state index contributed by atoms with van der Waals surface area (Å²) >= 11 is 0. The van der Waals surface area contributed by atoms with Crippen LogP contribution in [0.1, 0.15) is 17.5 Å². The van der Waals surface area contributed by atoms with Crippen molar-refractivity contribution in [2.75, 3.05) is 4.90 Å². The van der Waals surface area contributed by atoms with Gasteiger partial charge in [0.2, 0.25) is 0 Å². The molecule has 0 fully saturated rings. The van der Waals surface area contributed by atoms with Crippen LogP contribution in [0, 0.1) is 0 Å². The molecule has 2 heterocycles. The molecule has 0 saturated heterocycles. The quantitative estimate of drug-likeness (QED) is 0.184. The number of benzene rings is 7. The van der Waals surface area contributed by atoms with Crippen LogP contribution in [0.25, 0.3) is 66.0 Å². The molecule has 9 aromatic rings. The maximum absolute atomic E-state index is 5.22. The van der Waals surface area contributed by atoms with E-state index in [1.54, 1.807) is 0 Å². The second kappa shape index (κ2) is 10.7. The lowest BCUT2D eigenvalue weighted by Gasteiger charge is -2.31. The summed E-state index contributed by atoms with van der Waals surface area (Å²) in [5.41, 5.74) is 12.9. The molecule has 0 spiro atoms. The van der Waals surface area contributed by atoms with Gasteiger partial charge in [-0.1, -0.05) is 121 Å². The van der Waals surface area contributed by atoms with E-state index in [-0.39, 0.29) is 0 Å². The molecule has 0 aliphatic heterocycles. The number of allylic oxidation sites excluding steroid dienone is 1. The lowest BCUT2D eigenvalue weighted by Crippen LogP contribution is -2.18. The topological polar surface area (TPSA) is 20.5 Å². The summed E-state index contributed by atoms with van der Waals surface area (Å²) < 4.78 is 2.36. The van der Waals surface area contributed by atoms with Crippen molar-refractivity contribution in [2.24, 2.45) is 0 Å². The van der Waals surface area contributed by atoms with Gasteiger partial charge in [-0.05, 0) is 88.2 Å². The molecule has 0 N–H and O–H groups in total. The SMILES string of the molecule is C1=C(N(c2ccccc2)c2ccc(-c3ccc4c5ccc6ccccc6c5c5nc6ccccc6n5c4c3)cc2)c2ccccc2CC1. The summed E-state index contributed by atoms with van der Waals surface area (Å²) in [7, 11) is 0. The fraction of sp³-hybridized carbons (Fsp3) is 0.0444. The van der Waals surface area contributed by atoms with E-state index in [1.807, 2.05) is 0 Å². The number of hydrogen-bond acceptors (Lipinski definition) is 2. The molecule has 0 amide bonds. The van der Waals surface area contributed by atoms with Crippen molar-refractivity contribution >= 4 is 66.2 Å². The summed E-state index contributed by atoms with van der Waals surface area (Å²) in [6.07, 6.45) is 4.50. The van der Waals surface area contributed by atoms with E-state index in [4.69, 9.17) is 4.98 Å². The molecule has 1 aliphatic carbocycles. The van der Waals surface area contributed by atoms with Crippen LogP contribution < -0.4 is 4.90 Å². The van der Waals surface area contributed by atoms with E-state index < -0.39 is 0 Å². The Bertz CT molecular complexity index is 2720. The number of hydrogen-bond donors (Lipinski definition) is 0. The summed E-state index contributed by atoms with van der Waals surface area (Å²) in [5.74, 6) is 0. The Morgan fingerprint density at radius 1 is 0.542 bits per heavy atom. The first-order valence-corrected chi connectivity index (χ1v) is 16.7. The lowest BCUT2D eigenvalue weighted by atomic mass is 9.93. The fourth-order valence-electron chi connectivity index (χ4n) is 7.78. The maximum atomic E-state index is 5.22. The van der Waals surface area contributed by atoms with Crippen molar-refractivity contribution in [3.63, 3.8) is 0 Å². The highest BCUT2D eigenvalue weighted by molar-refractivity contribution is 6.23. The van der Waals surface area contributed by atoms with Gasteiger partial charge in [0.1, 0.15) is 5.65 Å². The number of nitrogens with zero attached hydrogens (tertiary/aromatic N) is 3. The number of aryl methyl sites for hydroxylation is 1. The molecule has 7 aromatic carbocycles. The van der Waals surface area contributed by atoms with E-state index in [1.165, 1.54) is 54.9 Å². The second-order valence-corrected chi connectivity index (χ2v) is 12.7. The predicted molar refractivity (Wildman–Crippen MR) is 202 cm³/mol. The van der Waals surface area contributed by atoms with Crippen molar-refractivity contribution < 1.29 is 0 Å². The van der Waals surface area contributed by atoms with Crippen molar-refractivity contribution in [2.45, 2.75) is 12.8 Å². The molecular weight excluding hydrogens is 583 g/mol. The lowest BCUT2D eigenvalue weighted by molar-refractivity contribution is 0.968. The van der Waals surface area contributed by atoms with Gasteiger partial charge in [-0.25, -0.2) is 4.98 Å². The molecular formula is C45H31N3. The zero-order chi connectivity index (χ0) is 31.6. The molecule has 2 aromatic heterocycles. The summed E-state index contributed by atoms with van der Waals surface area (Å²) in [5, 5.41) is 6.12. The zero-order valence-electron chi connectivity index (χ0n) is 26.3. The van der Waals surface area contributed by atoms with Crippen LogP contribution in [0.15, 0.2) is 164 Å². The Morgan fingerprint density at radius 2 is 1.27 bits per heavy atom. The molecule has 3 heteroatoms. The molecule has 0 unspecified atom stereocenters. The third kappa shape index (κ3) is 4.11. The number of pyridine rings is 1. The van der Waals surface area contributed by atoms with Crippen LogP contribution >= 0.6 is 0 Å². The number of fused-ring (bicyclic) bond motifs is 11. The summed E-state index contributed by atoms with van der Waals surface area (Å²) in [6, 6.07) is 57.1. The first-order valence-electron chi connectivity index (χ1n) is 16.7. The van der Waals surface area contributed by atoms with Crippen molar-refractivity contribution in [3.8, 4) is 11.1 Å². The smallest absolute Gasteiger partial charge is 0.147 e. The Hall–Kier alpha value is -6.19. The van der Waals surface area contributed by atoms with Crippen LogP contribution in [0.2, 0.25) is 0 Å². The van der Waals surface area contributed by atoms with E-state index in [9.17, 15) is 0 Å². The van der Waals surface area contributed by atoms with Gasteiger partial charge in [0.05, 0.1) is 16.6 Å². The standard InChI is InChI=1S/C45H31N3/c1-2-14-34(15-3-1)47(41-20-10-13-31-11-4-6-16-36(31)41)35-25-21-30(22-26-35)33-24-27-38-39-28-23-32-12-5-7-17-37(32)44(39)45-46-40-18-8-9-19-42(40)48(45)43(38)29-33/h1-9,11-12,14-29H,10,13H2. The number of aromatic nitrogens is 2. The van der Waals surface area contributed by atoms with Gasteiger partial charge in [-0.15, -0.1) is 0 Å². The minimum absolute atomic E-state index is 1.00. The Labute approximate surface area is 278 Å². The summed E-state index contributed by atoms with van der Waals surface area (Å²) in [6.45, 7) is 0. The highest BCUT2D eigenvalue weighted by Crippen LogP contribution is 2.41. The van der Waals surface area contributed by atoms with Crippen molar-refractivity contribution in [1.82, 2.24) is 9.38 Å². The van der Waals surface area contributed by atoms with E-state index >= 15 is 0 Å². The predicted octanol–water partition coefficient (Wildman–Crippen LogP) is 11.7. The molecule has 3 nitrogen and oxygen atoms in total. The first-order chi connectivity index (χ1) is 23.8.